The predicted octanol–water partition coefficient (Wildman–Crippen LogP) is 4.34. The summed E-state index contributed by atoms with van der Waals surface area (Å²) in [6.07, 6.45) is 4.74. The lowest BCUT2D eigenvalue weighted by Crippen LogP contribution is -2.35. The van der Waals surface area contributed by atoms with Gasteiger partial charge in [0.15, 0.2) is 11.5 Å². The summed E-state index contributed by atoms with van der Waals surface area (Å²) in [4.78, 5) is 29.5. The molecular weight excluding hydrogens is 412 g/mol. The summed E-state index contributed by atoms with van der Waals surface area (Å²) in [6, 6.07) is 14.1. The third kappa shape index (κ3) is 4.37. The molecule has 6 nitrogen and oxygen atoms in total. The van der Waals surface area contributed by atoms with Crippen molar-refractivity contribution in [2.24, 2.45) is 5.92 Å². The van der Waals surface area contributed by atoms with Crippen LogP contribution in [0.25, 0.3) is 0 Å². The number of benzene rings is 2. The number of fused-ring (bicyclic) bond motifs is 1. The maximum atomic E-state index is 13.1. The van der Waals surface area contributed by atoms with Crippen molar-refractivity contribution in [3.05, 3.63) is 42.5 Å². The molecule has 2 heterocycles. The summed E-state index contributed by atoms with van der Waals surface area (Å²) >= 11 is 1.57. The van der Waals surface area contributed by atoms with E-state index in [9.17, 15) is 9.59 Å². The predicted molar refractivity (Wildman–Crippen MR) is 119 cm³/mol. The van der Waals surface area contributed by atoms with Gasteiger partial charge in [0.2, 0.25) is 11.8 Å². The lowest BCUT2D eigenvalue weighted by Gasteiger charge is -2.24. The summed E-state index contributed by atoms with van der Waals surface area (Å²) in [7, 11) is 0. The van der Waals surface area contributed by atoms with Crippen LogP contribution in [-0.2, 0) is 9.59 Å². The van der Waals surface area contributed by atoms with E-state index in [4.69, 9.17) is 9.47 Å². The third-order valence-electron chi connectivity index (χ3n) is 6.17. The lowest BCUT2D eigenvalue weighted by atomic mass is 10.1. The maximum absolute atomic E-state index is 13.1. The van der Waals surface area contributed by atoms with Gasteiger partial charge in [-0.3, -0.25) is 9.59 Å². The molecule has 1 atom stereocenters. The molecule has 1 unspecified atom stereocenters. The monoisotopic (exact) mass is 438 g/mol. The molecule has 1 aliphatic carbocycles. The number of nitrogens with zero attached hydrogens (tertiary/aromatic N) is 1. The van der Waals surface area contributed by atoms with Gasteiger partial charge in [0.1, 0.15) is 13.2 Å². The first-order valence-electron chi connectivity index (χ1n) is 10.9. The highest BCUT2D eigenvalue weighted by molar-refractivity contribution is 7.99. The number of amides is 2. The second-order valence-corrected chi connectivity index (χ2v) is 9.40. The minimum Gasteiger partial charge on any atom is -0.486 e. The number of anilines is 1. The van der Waals surface area contributed by atoms with Gasteiger partial charge >= 0.3 is 0 Å². The topological polar surface area (TPSA) is 67.9 Å². The number of ether oxygens (including phenoxy) is 2. The summed E-state index contributed by atoms with van der Waals surface area (Å²) < 4.78 is 11.5. The molecule has 1 saturated heterocycles. The fourth-order valence-electron chi connectivity index (χ4n) is 4.58. The van der Waals surface area contributed by atoms with Crippen LogP contribution in [0.2, 0.25) is 0 Å². The molecule has 0 bridgehead atoms. The Hall–Kier alpha value is -2.67. The minimum absolute atomic E-state index is 0.105. The van der Waals surface area contributed by atoms with Gasteiger partial charge in [-0.2, -0.15) is 0 Å². The molecule has 5 rings (SSSR count). The minimum atomic E-state index is -0.323. The van der Waals surface area contributed by atoms with Crippen LogP contribution in [0.1, 0.15) is 32.1 Å². The van der Waals surface area contributed by atoms with Crippen LogP contribution in [-0.4, -0.2) is 42.5 Å². The van der Waals surface area contributed by atoms with Crippen molar-refractivity contribution in [3.63, 3.8) is 0 Å². The van der Waals surface area contributed by atoms with Crippen molar-refractivity contribution >= 4 is 29.3 Å². The van der Waals surface area contributed by atoms with Crippen molar-refractivity contribution in [2.45, 2.75) is 47.9 Å². The molecule has 0 spiro atoms. The Morgan fingerprint density at radius 2 is 1.74 bits per heavy atom. The normalized spacial score (nSPS) is 20.8. The highest BCUT2D eigenvalue weighted by atomic mass is 32.2. The average Bonchev–Trinajstić information content (AvgIpc) is 3.44. The first-order chi connectivity index (χ1) is 15.2. The zero-order chi connectivity index (χ0) is 21.2. The second-order valence-electron chi connectivity index (χ2n) is 8.28. The van der Waals surface area contributed by atoms with E-state index in [1.165, 1.54) is 12.8 Å². The van der Waals surface area contributed by atoms with E-state index in [-0.39, 0.29) is 24.2 Å². The molecule has 7 heteroatoms. The van der Waals surface area contributed by atoms with E-state index in [1.54, 1.807) is 11.8 Å². The van der Waals surface area contributed by atoms with E-state index in [1.807, 2.05) is 47.4 Å². The van der Waals surface area contributed by atoms with Gasteiger partial charge in [-0.25, -0.2) is 0 Å². The van der Waals surface area contributed by atoms with E-state index >= 15 is 0 Å². The van der Waals surface area contributed by atoms with Gasteiger partial charge in [0.25, 0.3) is 0 Å². The van der Waals surface area contributed by atoms with Crippen molar-refractivity contribution < 1.29 is 19.1 Å². The molecule has 3 aliphatic rings. The van der Waals surface area contributed by atoms with Gasteiger partial charge in [-0.1, -0.05) is 42.8 Å². The van der Waals surface area contributed by atoms with Crippen LogP contribution in [0.4, 0.5) is 5.69 Å². The quantitative estimate of drug-likeness (QED) is 0.752. The van der Waals surface area contributed by atoms with Gasteiger partial charge in [0, 0.05) is 40.9 Å². The first-order valence-corrected chi connectivity index (χ1v) is 11.8. The number of rotatable bonds is 5. The molecule has 162 valence electrons. The molecule has 2 aromatic rings. The third-order valence-corrected chi connectivity index (χ3v) is 7.23. The van der Waals surface area contributed by atoms with Crippen LogP contribution >= 0.6 is 11.8 Å². The van der Waals surface area contributed by atoms with Crippen LogP contribution in [0.15, 0.2) is 52.3 Å². The lowest BCUT2D eigenvalue weighted by molar-refractivity contribution is -0.129. The van der Waals surface area contributed by atoms with Crippen LogP contribution < -0.4 is 14.8 Å². The molecule has 2 amide bonds. The van der Waals surface area contributed by atoms with E-state index in [2.05, 4.69) is 5.32 Å². The van der Waals surface area contributed by atoms with E-state index in [0.717, 1.165) is 22.6 Å². The molecule has 2 fully saturated rings. The molecule has 0 radical (unpaired) electrons. The summed E-state index contributed by atoms with van der Waals surface area (Å²) in [5.41, 5.74) is 0.690. The van der Waals surface area contributed by atoms with E-state index in [0.29, 0.717) is 43.0 Å². The molecule has 1 N–H and O–H groups in total. The summed E-state index contributed by atoms with van der Waals surface area (Å²) in [5.74, 6) is 0.990. The number of carbonyl (C=O) groups is 2. The van der Waals surface area contributed by atoms with Gasteiger partial charge < -0.3 is 19.7 Å². The molecule has 0 aromatic heterocycles. The van der Waals surface area contributed by atoms with Crippen LogP contribution in [0.3, 0.4) is 0 Å². The zero-order valence-corrected chi connectivity index (χ0v) is 18.2. The average molecular weight is 439 g/mol. The molecular formula is C24H26N2O4S. The van der Waals surface area contributed by atoms with Crippen LogP contribution in [0, 0.1) is 5.92 Å². The second kappa shape index (κ2) is 8.83. The molecule has 31 heavy (non-hydrogen) atoms. The van der Waals surface area contributed by atoms with Gasteiger partial charge in [-0.05, 0) is 25.0 Å². The Balaban J connectivity index is 1.36. The summed E-state index contributed by atoms with van der Waals surface area (Å²) in [6.45, 7) is 1.51. The fourth-order valence-corrected chi connectivity index (χ4v) is 5.51. The number of hydrogen-bond acceptors (Lipinski definition) is 5. The smallest absolute Gasteiger partial charge is 0.229 e. The Kier molecular flexibility index (Phi) is 5.76. The Morgan fingerprint density at radius 3 is 2.48 bits per heavy atom. The van der Waals surface area contributed by atoms with Crippen molar-refractivity contribution in [3.8, 4) is 11.5 Å². The molecule has 1 saturated carbocycles. The molecule has 2 aromatic carbocycles. The summed E-state index contributed by atoms with van der Waals surface area (Å²) in [5, 5.41) is 3.08. The number of hydrogen-bond donors (Lipinski definition) is 1. The zero-order valence-electron chi connectivity index (χ0n) is 17.3. The maximum Gasteiger partial charge on any atom is 0.229 e. The Labute approximate surface area is 186 Å². The van der Waals surface area contributed by atoms with Crippen molar-refractivity contribution in [2.75, 3.05) is 25.1 Å². The number of likely N-dealkylation sites (tertiary alicyclic amines) is 1. The highest BCUT2D eigenvalue weighted by Gasteiger charge is 2.38. The SMILES string of the molecule is O=C(Nc1cc2c(cc1Sc1ccccc1)OCCO2)C1CC(=O)N(C2CCCC2)C1. The number of carbonyl (C=O) groups excluding carboxylic acids is 2. The first kappa shape index (κ1) is 20.2. The standard InChI is InChI=1S/C24H26N2O4S/c27-23-12-16(15-26(23)17-6-4-5-7-17)24(28)25-19-13-20-21(30-11-10-29-20)14-22(19)31-18-8-2-1-3-9-18/h1-3,8-9,13-14,16-17H,4-7,10-12,15H2,(H,25,28). The van der Waals surface area contributed by atoms with Gasteiger partial charge in [-0.15, -0.1) is 0 Å². The molecule has 2 aliphatic heterocycles. The van der Waals surface area contributed by atoms with Gasteiger partial charge in [0.05, 0.1) is 11.6 Å². The Morgan fingerprint density at radius 1 is 1.03 bits per heavy atom. The largest absolute Gasteiger partial charge is 0.486 e. The highest BCUT2D eigenvalue weighted by Crippen LogP contribution is 2.42. The Bertz CT molecular complexity index is 975. The van der Waals surface area contributed by atoms with Crippen molar-refractivity contribution in [1.29, 1.82) is 0 Å². The van der Waals surface area contributed by atoms with E-state index < -0.39 is 0 Å². The van der Waals surface area contributed by atoms with Crippen molar-refractivity contribution in [1.82, 2.24) is 4.90 Å². The number of nitrogens with one attached hydrogen (secondary N) is 1. The van der Waals surface area contributed by atoms with Crippen LogP contribution in [0.5, 0.6) is 11.5 Å². The fraction of sp³-hybridized carbons (Fsp3) is 0.417.